The van der Waals surface area contributed by atoms with Crippen LogP contribution in [-0.2, 0) is 6.42 Å². The lowest BCUT2D eigenvalue weighted by Crippen LogP contribution is -2.41. The van der Waals surface area contributed by atoms with Gasteiger partial charge in [-0.1, -0.05) is 19.1 Å². The standard InChI is InChI=1S/C13H17N3O/c1-2-8-15-9-4-6-10-5-3-7-11-12(10)16(15)13(17)14-11/h3,5,7H,2,4,6,8-9H2,1H3,(H,14,17). The van der Waals surface area contributed by atoms with E-state index in [0.717, 1.165) is 43.4 Å². The van der Waals surface area contributed by atoms with Crippen LogP contribution in [0.15, 0.2) is 23.0 Å². The van der Waals surface area contributed by atoms with E-state index >= 15 is 0 Å². The van der Waals surface area contributed by atoms with E-state index < -0.39 is 0 Å². The molecule has 2 heterocycles. The van der Waals surface area contributed by atoms with E-state index in [1.54, 1.807) is 0 Å². The van der Waals surface area contributed by atoms with E-state index in [1.807, 2.05) is 16.8 Å². The van der Waals surface area contributed by atoms with Gasteiger partial charge in [-0.25, -0.2) is 9.47 Å². The Kier molecular flexibility index (Phi) is 2.42. The van der Waals surface area contributed by atoms with E-state index in [4.69, 9.17) is 0 Å². The fraction of sp³-hybridized carbons (Fsp3) is 0.462. The Labute approximate surface area is 99.8 Å². The van der Waals surface area contributed by atoms with Crippen LogP contribution in [0.5, 0.6) is 0 Å². The van der Waals surface area contributed by atoms with Crippen LogP contribution in [-0.4, -0.2) is 22.7 Å². The van der Waals surface area contributed by atoms with Gasteiger partial charge >= 0.3 is 5.69 Å². The van der Waals surface area contributed by atoms with Crippen LogP contribution in [0.2, 0.25) is 0 Å². The number of para-hydroxylation sites is 1. The third kappa shape index (κ3) is 1.55. The summed E-state index contributed by atoms with van der Waals surface area (Å²) in [6, 6.07) is 6.13. The van der Waals surface area contributed by atoms with Gasteiger partial charge in [0, 0.05) is 13.1 Å². The number of aromatic amines is 1. The fourth-order valence-corrected chi connectivity index (χ4v) is 2.71. The summed E-state index contributed by atoms with van der Waals surface area (Å²) in [6.45, 7) is 4.03. The number of hydrogen-bond acceptors (Lipinski definition) is 2. The minimum atomic E-state index is -0.0113. The molecule has 3 rings (SSSR count). The zero-order valence-electron chi connectivity index (χ0n) is 10.1. The smallest absolute Gasteiger partial charge is 0.308 e. The zero-order valence-corrected chi connectivity index (χ0v) is 10.1. The van der Waals surface area contributed by atoms with E-state index in [2.05, 4.69) is 23.0 Å². The summed E-state index contributed by atoms with van der Waals surface area (Å²) in [5, 5.41) is 2.16. The van der Waals surface area contributed by atoms with Crippen molar-refractivity contribution in [3.63, 3.8) is 0 Å². The first-order valence-corrected chi connectivity index (χ1v) is 6.29. The minimum absolute atomic E-state index is 0.0113. The van der Waals surface area contributed by atoms with Crippen molar-refractivity contribution < 1.29 is 0 Å². The molecule has 1 aromatic heterocycles. The number of rotatable bonds is 2. The molecule has 0 amide bonds. The molecule has 0 atom stereocenters. The average molecular weight is 231 g/mol. The van der Waals surface area contributed by atoms with Gasteiger partial charge < -0.3 is 9.99 Å². The first-order valence-electron chi connectivity index (χ1n) is 6.29. The average Bonchev–Trinajstić information content (AvgIpc) is 2.53. The molecule has 0 spiro atoms. The number of imidazole rings is 1. The molecule has 4 nitrogen and oxygen atoms in total. The number of aromatic nitrogens is 2. The van der Waals surface area contributed by atoms with Gasteiger partial charge in [0.15, 0.2) is 0 Å². The molecule has 1 aliphatic rings. The maximum atomic E-state index is 12.1. The van der Waals surface area contributed by atoms with Gasteiger partial charge in [0.25, 0.3) is 0 Å². The Hall–Kier alpha value is -1.71. The predicted octanol–water partition coefficient (Wildman–Crippen LogP) is 1.62. The van der Waals surface area contributed by atoms with Gasteiger partial charge in [-0.05, 0) is 30.9 Å². The van der Waals surface area contributed by atoms with Crippen molar-refractivity contribution in [1.82, 2.24) is 9.66 Å². The van der Waals surface area contributed by atoms with Gasteiger partial charge in [-0.2, -0.15) is 0 Å². The molecule has 90 valence electrons. The zero-order chi connectivity index (χ0) is 11.8. The maximum absolute atomic E-state index is 12.1. The van der Waals surface area contributed by atoms with E-state index in [-0.39, 0.29) is 5.69 Å². The predicted molar refractivity (Wildman–Crippen MR) is 69.1 cm³/mol. The van der Waals surface area contributed by atoms with Crippen LogP contribution in [0.25, 0.3) is 11.0 Å². The largest absolute Gasteiger partial charge is 0.345 e. The lowest BCUT2D eigenvalue weighted by atomic mass is 10.1. The highest BCUT2D eigenvalue weighted by Gasteiger charge is 2.18. The molecule has 1 aliphatic heterocycles. The normalized spacial score (nSPS) is 15.2. The molecule has 1 N–H and O–H groups in total. The molecule has 0 aliphatic carbocycles. The van der Waals surface area contributed by atoms with Crippen molar-refractivity contribution in [1.29, 1.82) is 0 Å². The minimum Gasteiger partial charge on any atom is -0.308 e. The highest BCUT2D eigenvalue weighted by molar-refractivity contribution is 5.79. The Morgan fingerprint density at radius 3 is 3.12 bits per heavy atom. The number of aryl methyl sites for hydroxylation is 1. The molecule has 0 saturated carbocycles. The summed E-state index contributed by atoms with van der Waals surface area (Å²) in [6.07, 6.45) is 3.22. The second kappa shape index (κ2) is 3.95. The van der Waals surface area contributed by atoms with Crippen LogP contribution in [0.3, 0.4) is 0 Å². The molecule has 0 bridgehead atoms. The van der Waals surface area contributed by atoms with Gasteiger partial charge in [-0.3, -0.25) is 0 Å². The third-order valence-corrected chi connectivity index (χ3v) is 3.39. The summed E-state index contributed by atoms with van der Waals surface area (Å²) in [5.74, 6) is 0. The summed E-state index contributed by atoms with van der Waals surface area (Å²) in [5.41, 5.74) is 3.29. The molecular weight excluding hydrogens is 214 g/mol. The summed E-state index contributed by atoms with van der Waals surface area (Å²) in [7, 11) is 0. The van der Waals surface area contributed by atoms with Crippen molar-refractivity contribution in [2.75, 3.05) is 18.1 Å². The molecule has 1 aromatic carbocycles. The van der Waals surface area contributed by atoms with Crippen LogP contribution in [0.4, 0.5) is 0 Å². The molecule has 0 saturated heterocycles. The third-order valence-electron chi connectivity index (χ3n) is 3.39. The second-order valence-corrected chi connectivity index (χ2v) is 4.61. The molecule has 4 heteroatoms. The van der Waals surface area contributed by atoms with Crippen molar-refractivity contribution in [2.24, 2.45) is 0 Å². The Morgan fingerprint density at radius 2 is 2.29 bits per heavy atom. The van der Waals surface area contributed by atoms with E-state index in [9.17, 15) is 4.79 Å². The van der Waals surface area contributed by atoms with Gasteiger partial charge in [0.2, 0.25) is 0 Å². The molecule has 0 radical (unpaired) electrons. The van der Waals surface area contributed by atoms with Crippen molar-refractivity contribution in [3.8, 4) is 0 Å². The summed E-state index contributed by atoms with van der Waals surface area (Å²) >= 11 is 0. The van der Waals surface area contributed by atoms with Crippen molar-refractivity contribution in [2.45, 2.75) is 26.2 Å². The van der Waals surface area contributed by atoms with Crippen molar-refractivity contribution in [3.05, 3.63) is 34.2 Å². The molecular formula is C13H17N3O. The number of H-pyrrole nitrogens is 1. The lowest BCUT2D eigenvalue weighted by Gasteiger charge is -2.23. The Balaban J connectivity index is 2.29. The summed E-state index contributed by atoms with van der Waals surface area (Å²) in [4.78, 5) is 15.0. The van der Waals surface area contributed by atoms with Gasteiger partial charge in [-0.15, -0.1) is 0 Å². The fourth-order valence-electron chi connectivity index (χ4n) is 2.71. The second-order valence-electron chi connectivity index (χ2n) is 4.61. The van der Waals surface area contributed by atoms with Gasteiger partial charge in [0.1, 0.15) is 0 Å². The topological polar surface area (TPSA) is 41.0 Å². The monoisotopic (exact) mass is 231 g/mol. The SMILES string of the molecule is CCCN1CCCc2cccc3[nH]c(=O)n1c23. The van der Waals surface area contributed by atoms with Crippen LogP contribution in [0.1, 0.15) is 25.3 Å². The maximum Gasteiger partial charge on any atom is 0.345 e. The van der Waals surface area contributed by atoms with Crippen LogP contribution < -0.4 is 10.7 Å². The molecule has 0 fully saturated rings. The quantitative estimate of drug-likeness (QED) is 0.853. The first-order chi connectivity index (χ1) is 8.31. The highest BCUT2D eigenvalue weighted by atomic mass is 16.2. The number of benzene rings is 1. The lowest BCUT2D eigenvalue weighted by molar-refractivity contribution is 0.569. The Bertz CT molecular complexity index is 596. The van der Waals surface area contributed by atoms with Gasteiger partial charge in [0.05, 0.1) is 11.0 Å². The summed E-state index contributed by atoms with van der Waals surface area (Å²) < 4.78 is 1.83. The number of nitrogens with one attached hydrogen (secondary N) is 1. The Morgan fingerprint density at radius 1 is 1.41 bits per heavy atom. The number of hydrogen-bond donors (Lipinski definition) is 1. The van der Waals surface area contributed by atoms with Crippen LogP contribution in [0, 0.1) is 0 Å². The first kappa shape index (κ1) is 10.4. The highest BCUT2D eigenvalue weighted by Crippen LogP contribution is 2.20. The number of nitrogens with zero attached hydrogens (tertiary/aromatic N) is 2. The van der Waals surface area contributed by atoms with E-state index in [1.165, 1.54) is 5.56 Å². The molecule has 0 unspecified atom stereocenters. The van der Waals surface area contributed by atoms with Crippen LogP contribution >= 0.6 is 0 Å². The van der Waals surface area contributed by atoms with E-state index in [0.29, 0.717) is 0 Å². The molecule has 2 aromatic rings. The van der Waals surface area contributed by atoms with Crippen molar-refractivity contribution >= 4 is 11.0 Å². The molecule has 17 heavy (non-hydrogen) atoms.